The van der Waals surface area contributed by atoms with Gasteiger partial charge in [-0.05, 0) is 32.0 Å². The lowest BCUT2D eigenvalue weighted by Crippen LogP contribution is -2.26. The molecule has 2 rings (SSSR count). The van der Waals surface area contributed by atoms with Gasteiger partial charge in [-0.25, -0.2) is 9.97 Å². The first-order valence-electron chi connectivity index (χ1n) is 6.91. The first kappa shape index (κ1) is 17.5. The maximum atomic E-state index is 12.2. The second-order valence-corrected chi connectivity index (χ2v) is 6.03. The summed E-state index contributed by atoms with van der Waals surface area (Å²) in [6, 6.07) is 5.27. The van der Waals surface area contributed by atoms with Gasteiger partial charge in [-0.2, -0.15) is 0 Å². The average molecular weight is 400 g/mol. The van der Waals surface area contributed by atoms with Crippen molar-refractivity contribution in [3.63, 3.8) is 0 Å². The summed E-state index contributed by atoms with van der Waals surface area (Å²) in [6.07, 6.45) is 0. The predicted octanol–water partition coefficient (Wildman–Crippen LogP) is 3.11. The number of amides is 1. The Morgan fingerprint density at radius 2 is 2.17 bits per heavy atom. The van der Waals surface area contributed by atoms with E-state index in [4.69, 9.17) is 22.1 Å². The molecule has 0 spiro atoms. The zero-order valence-electron chi connectivity index (χ0n) is 12.7. The van der Waals surface area contributed by atoms with Crippen LogP contribution < -0.4 is 15.8 Å². The molecule has 0 radical (unpaired) electrons. The highest BCUT2D eigenvalue weighted by Gasteiger charge is 2.18. The molecule has 23 heavy (non-hydrogen) atoms. The van der Waals surface area contributed by atoms with E-state index in [0.717, 1.165) is 4.47 Å². The van der Waals surface area contributed by atoms with E-state index in [1.807, 2.05) is 13.0 Å². The molecule has 1 amide bonds. The number of aryl methyl sites for hydroxylation is 1. The number of benzene rings is 1. The molecular weight excluding hydrogens is 384 g/mol. The summed E-state index contributed by atoms with van der Waals surface area (Å²) in [6.45, 7) is 4.10. The maximum absolute atomic E-state index is 12.2. The monoisotopic (exact) mass is 398 g/mol. The van der Waals surface area contributed by atoms with E-state index in [1.165, 1.54) is 0 Å². The van der Waals surface area contributed by atoms with Gasteiger partial charge >= 0.3 is 0 Å². The van der Waals surface area contributed by atoms with E-state index in [-0.39, 0.29) is 18.5 Å². The molecule has 8 heteroatoms. The lowest BCUT2D eigenvalue weighted by Gasteiger charge is -2.13. The fraction of sp³-hybridized carbons (Fsp3) is 0.267. The van der Waals surface area contributed by atoms with Crippen LogP contribution in [0.3, 0.4) is 0 Å². The third kappa shape index (κ3) is 4.33. The molecule has 0 atom stereocenters. The van der Waals surface area contributed by atoms with Crippen LogP contribution in [0.4, 0.5) is 5.95 Å². The summed E-state index contributed by atoms with van der Waals surface area (Å²) in [5.74, 6) is 0.327. The Balaban J connectivity index is 2.29. The quantitative estimate of drug-likeness (QED) is 0.806. The summed E-state index contributed by atoms with van der Waals surface area (Å²) >= 11 is 9.45. The molecule has 0 fully saturated rings. The van der Waals surface area contributed by atoms with Gasteiger partial charge in [0.05, 0.1) is 22.0 Å². The van der Waals surface area contributed by atoms with Gasteiger partial charge in [-0.1, -0.05) is 27.5 Å². The van der Waals surface area contributed by atoms with Crippen molar-refractivity contribution in [3.8, 4) is 5.75 Å². The van der Waals surface area contributed by atoms with Gasteiger partial charge in [-0.15, -0.1) is 0 Å². The zero-order valence-corrected chi connectivity index (χ0v) is 15.0. The first-order chi connectivity index (χ1) is 10.9. The van der Waals surface area contributed by atoms with Crippen LogP contribution >= 0.6 is 27.5 Å². The van der Waals surface area contributed by atoms with Gasteiger partial charge in [0.1, 0.15) is 12.4 Å². The molecule has 2 aromatic rings. The molecule has 0 unspecified atom stereocenters. The summed E-state index contributed by atoms with van der Waals surface area (Å²) in [7, 11) is 0. The molecule has 122 valence electrons. The van der Waals surface area contributed by atoms with E-state index >= 15 is 0 Å². The fourth-order valence-electron chi connectivity index (χ4n) is 2.04. The number of carbonyl (C=O) groups excluding carboxylic acids is 1. The summed E-state index contributed by atoms with van der Waals surface area (Å²) < 4.78 is 6.53. The lowest BCUT2D eigenvalue weighted by atomic mass is 10.1. The van der Waals surface area contributed by atoms with Crippen molar-refractivity contribution in [1.82, 2.24) is 15.3 Å². The highest BCUT2D eigenvalue weighted by molar-refractivity contribution is 9.10. The van der Waals surface area contributed by atoms with Gasteiger partial charge in [0.15, 0.2) is 0 Å². The number of halogens is 2. The summed E-state index contributed by atoms with van der Waals surface area (Å²) in [5.41, 5.74) is 6.97. The summed E-state index contributed by atoms with van der Waals surface area (Å²) in [5, 5.41) is 3.19. The van der Waals surface area contributed by atoms with Crippen LogP contribution in [0.25, 0.3) is 0 Å². The number of hydrogen-bond acceptors (Lipinski definition) is 5. The molecular formula is C15H16BrClN4O2. The van der Waals surface area contributed by atoms with Crippen LogP contribution in [-0.2, 0) is 6.61 Å². The number of hydrogen-bond donors (Lipinski definition) is 2. The smallest absolute Gasteiger partial charge is 0.255 e. The molecule has 0 aliphatic heterocycles. The van der Waals surface area contributed by atoms with Crippen molar-refractivity contribution in [2.24, 2.45) is 0 Å². The standard InChI is InChI=1S/C15H16BrClN4O2/c1-3-19-14(22)13-8(2)20-15(18)21-11(13)7-23-12-5-4-9(16)6-10(12)17/h4-6H,3,7H2,1-2H3,(H,19,22)(H2,18,20,21). The molecule has 0 saturated carbocycles. The average Bonchev–Trinajstić information content (AvgIpc) is 2.45. The Kier molecular flexibility index (Phi) is 5.79. The maximum Gasteiger partial charge on any atom is 0.255 e. The van der Waals surface area contributed by atoms with Gasteiger partial charge in [0.2, 0.25) is 5.95 Å². The summed E-state index contributed by atoms with van der Waals surface area (Å²) in [4.78, 5) is 20.4. The van der Waals surface area contributed by atoms with Crippen molar-refractivity contribution >= 4 is 39.4 Å². The van der Waals surface area contributed by atoms with E-state index < -0.39 is 0 Å². The molecule has 0 aliphatic carbocycles. The van der Waals surface area contributed by atoms with Gasteiger partial charge in [-0.3, -0.25) is 4.79 Å². The van der Waals surface area contributed by atoms with Crippen molar-refractivity contribution in [2.45, 2.75) is 20.5 Å². The van der Waals surface area contributed by atoms with E-state index in [9.17, 15) is 4.79 Å². The topological polar surface area (TPSA) is 90.1 Å². The Labute approximate surface area is 147 Å². The third-order valence-electron chi connectivity index (χ3n) is 3.00. The van der Waals surface area contributed by atoms with Crippen LogP contribution in [0, 0.1) is 6.92 Å². The minimum Gasteiger partial charge on any atom is -0.486 e. The Morgan fingerprint density at radius 1 is 1.43 bits per heavy atom. The van der Waals surface area contributed by atoms with Crippen LogP contribution in [0.5, 0.6) is 5.75 Å². The highest BCUT2D eigenvalue weighted by Crippen LogP contribution is 2.28. The zero-order chi connectivity index (χ0) is 17.0. The second kappa shape index (κ2) is 7.61. The normalized spacial score (nSPS) is 10.4. The minimum atomic E-state index is -0.259. The van der Waals surface area contributed by atoms with Crippen molar-refractivity contribution in [2.75, 3.05) is 12.3 Å². The van der Waals surface area contributed by atoms with Crippen LogP contribution in [-0.4, -0.2) is 22.4 Å². The number of carbonyl (C=O) groups is 1. The third-order valence-corrected chi connectivity index (χ3v) is 3.79. The number of rotatable bonds is 5. The Morgan fingerprint density at radius 3 is 2.83 bits per heavy atom. The van der Waals surface area contributed by atoms with Crippen molar-refractivity contribution in [1.29, 1.82) is 0 Å². The fourth-order valence-corrected chi connectivity index (χ4v) is 2.77. The number of nitrogen functional groups attached to an aromatic ring is 1. The van der Waals surface area contributed by atoms with Gasteiger partial charge in [0, 0.05) is 11.0 Å². The molecule has 0 saturated heterocycles. The van der Waals surface area contributed by atoms with Gasteiger partial charge in [0.25, 0.3) is 5.91 Å². The van der Waals surface area contributed by atoms with Crippen LogP contribution in [0.2, 0.25) is 5.02 Å². The van der Waals surface area contributed by atoms with Crippen molar-refractivity contribution < 1.29 is 9.53 Å². The molecule has 1 heterocycles. The molecule has 1 aromatic carbocycles. The van der Waals surface area contributed by atoms with Crippen LogP contribution in [0.1, 0.15) is 28.7 Å². The lowest BCUT2D eigenvalue weighted by molar-refractivity contribution is 0.0951. The van der Waals surface area contributed by atoms with E-state index in [2.05, 4.69) is 31.2 Å². The SMILES string of the molecule is CCNC(=O)c1c(C)nc(N)nc1COc1ccc(Br)cc1Cl. The predicted molar refractivity (Wildman–Crippen MR) is 92.7 cm³/mol. The van der Waals surface area contributed by atoms with E-state index in [1.54, 1.807) is 19.1 Å². The molecule has 6 nitrogen and oxygen atoms in total. The molecule has 3 N–H and O–H groups in total. The number of nitrogens with two attached hydrogens (primary N) is 1. The number of aromatic nitrogens is 2. The van der Waals surface area contributed by atoms with Gasteiger partial charge < -0.3 is 15.8 Å². The number of anilines is 1. The molecule has 0 aliphatic rings. The molecule has 0 bridgehead atoms. The minimum absolute atomic E-state index is 0.0569. The Hall–Kier alpha value is -1.86. The Bertz CT molecular complexity index is 740. The number of ether oxygens (including phenoxy) is 1. The number of nitrogens with zero attached hydrogens (tertiary/aromatic N) is 2. The molecule has 1 aromatic heterocycles. The van der Waals surface area contributed by atoms with E-state index in [0.29, 0.717) is 34.3 Å². The largest absolute Gasteiger partial charge is 0.486 e. The second-order valence-electron chi connectivity index (χ2n) is 4.71. The van der Waals surface area contributed by atoms with Crippen LogP contribution in [0.15, 0.2) is 22.7 Å². The first-order valence-corrected chi connectivity index (χ1v) is 8.08. The van der Waals surface area contributed by atoms with Crippen molar-refractivity contribution in [3.05, 3.63) is 44.6 Å². The number of nitrogens with one attached hydrogen (secondary N) is 1. The highest BCUT2D eigenvalue weighted by atomic mass is 79.9.